The monoisotopic (exact) mass is 422 g/mol. The van der Waals surface area contributed by atoms with Gasteiger partial charge in [-0.15, -0.1) is 0 Å². The molecule has 0 amide bonds. The van der Waals surface area contributed by atoms with Crippen molar-refractivity contribution in [1.29, 1.82) is 0 Å². The molecule has 0 bridgehead atoms. The van der Waals surface area contributed by atoms with Gasteiger partial charge in [-0.1, -0.05) is 66.2 Å². The van der Waals surface area contributed by atoms with Crippen molar-refractivity contribution in [2.45, 2.75) is 19.8 Å². The molecule has 1 unspecified atom stereocenters. The van der Waals surface area contributed by atoms with Crippen LogP contribution in [0.15, 0.2) is 106 Å². The van der Waals surface area contributed by atoms with E-state index >= 15 is 0 Å². The maximum absolute atomic E-state index is 13.8. The molecule has 0 saturated heterocycles. The van der Waals surface area contributed by atoms with Crippen LogP contribution >= 0.6 is 0 Å². The first-order valence-electron chi connectivity index (χ1n) is 10.5. The van der Waals surface area contributed by atoms with Crippen LogP contribution in [-0.4, -0.2) is 9.13 Å². The minimum Gasteiger partial charge on any atom is -0.445 e. The van der Waals surface area contributed by atoms with Gasteiger partial charge in [-0.2, -0.15) is 0 Å². The van der Waals surface area contributed by atoms with Crippen LogP contribution in [0, 0.1) is 6.92 Å². The number of rotatable bonds is 3. The maximum atomic E-state index is 13.8. The third-order valence-electron chi connectivity index (χ3n) is 5.68. The molecule has 5 rings (SSSR count). The number of ether oxygens (including phenoxy) is 1. The van der Waals surface area contributed by atoms with Gasteiger partial charge in [0, 0.05) is 5.92 Å². The van der Waals surface area contributed by atoms with E-state index in [4.69, 9.17) is 4.74 Å². The molecular weight excluding hydrogens is 400 g/mol. The van der Waals surface area contributed by atoms with Crippen LogP contribution in [0.25, 0.3) is 11.4 Å². The largest absolute Gasteiger partial charge is 0.445 e. The number of para-hydroxylation sites is 2. The second-order valence-corrected chi connectivity index (χ2v) is 7.92. The Balaban J connectivity index is 1.89. The highest BCUT2D eigenvalue weighted by molar-refractivity contribution is 5.50. The average Bonchev–Trinajstić information content (AvgIpc) is 2.80. The van der Waals surface area contributed by atoms with Gasteiger partial charge in [-0.05, 0) is 49.8 Å². The van der Waals surface area contributed by atoms with Gasteiger partial charge in [-0.25, -0.2) is 13.9 Å². The van der Waals surface area contributed by atoms with Crippen molar-refractivity contribution < 1.29 is 4.74 Å². The number of nitrogens with zero attached hydrogens (tertiary/aromatic N) is 2. The normalized spacial score (nSPS) is 14.9. The minimum atomic E-state index is -0.469. The molecule has 1 aromatic heterocycles. The summed E-state index contributed by atoms with van der Waals surface area (Å²) in [5.74, 6) is 0.574. The summed E-state index contributed by atoms with van der Waals surface area (Å²) in [6.45, 7) is 3.87. The average molecular weight is 422 g/mol. The highest BCUT2D eigenvalue weighted by Gasteiger charge is 2.31. The van der Waals surface area contributed by atoms with Gasteiger partial charge in [0.1, 0.15) is 0 Å². The Bertz CT molecular complexity index is 1430. The Hall–Kier alpha value is -4.12. The van der Waals surface area contributed by atoms with Crippen LogP contribution in [0.3, 0.4) is 0 Å². The Labute approximate surface area is 185 Å². The summed E-state index contributed by atoms with van der Waals surface area (Å²) >= 11 is 0. The fourth-order valence-electron chi connectivity index (χ4n) is 4.12. The molecule has 1 aliphatic rings. The first kappa shape index (κ1) is 19.8. The van der Waals surface area contributed by atoms with Crippen molar-refractivity contribution in [3.05, 3.63) is 134 Å². The Morgan fingerprint density at radius 1 is 0.719 bits per heavy atom. The number of benzene rings is 3. The Morgan fingerprint density at radius 3 is 1.88 bits per heavy atom. The molecule has 0 aliphatic carbocycles. The van der Waals surface area contributed by atoms with E-state index in [1.807, 2.05) is 92.7 Å². The number of hydrogen-bond donors (Lipinski definition) is 0. The molecule has 0 saturated carbocycles. The van der Waals surface area contributed by atoms with Crippen molar-refractivity contribution in [2.75, 3.05) is 0 Å². The topological polar surface area (TPSA) is 53.2 Å². The smallest absolute Gasteiger partial charge is 0.343 e. The fourth-order valence-corrected chi connectivity index (χ4v) is 4.12. The van der Waals surface area contributed by atoms with Crippen molar-refractivity contribution in [2.24, 2.45) is 0 Å². The quantitative estimate of drug-likeness (QED) is 0.480. The predicted molar refractivity (Wildman–Crippen MR) is 125 cm³/mol. The van der Waals surface area contributed by atoms with Crippen LogP contribution < -0.4 is 16.0 Å². The summed E-state index contributed by atoms with van der Waals surface area (Å²) in [5, 5.41) is 0. The molecule has 3 aromatic carbocycles. The number of aromatic nitrogens is 2. The highest BCUT2D eigenvalue weighted by atomic mass is 16.5. The molecule has 32 heavy (non-hydrogen) atoms. The number of hydrogen-bond acceptors (Lipinski definition) is 3. The first-order chi connectivity index (χ1) is 15.5. The molecule has 5 nitrogen and oxygen atoms in total. The van der Waals surface area contributed by atoms with E-state index in [9.17, 15) is 9.59 Å². The molecule has 5 heteroatoms. The summed E-state index contributed by atoms with van der Waals surface area (Å²) in [6.07, 6.45) is 1.93. The lowest BCUT2D eigenvalue weighted by molar-refractivity contribution is 0.370. The van der Waals surface area contributed by atoms with E-state index in [1.165, 1.54) is 9.13 Å². The van der Waals surface area contributed by atoms with Crippen molar-refractivity contribution in [1.82, 2.24) is 9.13 Å². The summed E-state index contributed by atoms with van der Waals surface area (Å²) in [7, 11) is 0. The van der Waals surface area contributed by atoms with E-state index < -0.39 is 5.69 Å². The summed E-state index contributed by atoms with van der Waals surface area (Å²) in [5.41, 5.74) is 2.85. The number of allylic oxidation sites excluding steroid dienone is 2. The SMILES string of the molecule is CC1=CC(c2ccc(C)cc2)c2c(n(-c3ccccc3)c(=O)n(-c3ccccc3)c2=O)O1. The molecule has 0 fully saturated rings. The van der Waals surface area contributed by atoms with E-state index in [0.29, 0.717) is 22.7 Å². The van der Waals surface area contributed by atoms with Gasteiger partial charge in [0.2, 0.25) is 5.88 Å². The molecule has 158 valence electrons. The zero-order valence-corrected chi connectivity index (χ0v) is 17.9. The second kappa shape index (κ2) is 7.85. The molecule has 1 atom stereocenters. The molecule has 2 heterocycles. The van der Waals surface area contributed by atoms with Gasteiger partial charge in [0.05, 0.1) is 22.7 Å². The minimum absolute atomic E-state index is 0.268. The van der Waals surface area contributed by atoms with Crippen LogP contribution in [0.5, 0.6) is 5.88 Å². The third-order valence-corrected chi connectivity index (χ3v) is 5.68. The highest BCUT2D eigenvalue weighted by Crippen LogP contribution is 2.37. The van der Waals surface area contributed by atoms with Gasteiger partial charge in [0.15, 0.2) is 0 Å². The maximum Gasteiger partial charge on any atom is 0.343 e. The molecule has 4 aromatic rings. The zero-order chi connectivity index (χ0) is 22.2. The Morgan fingerprint density at radius 2 is 1.28 bits per heavy atom. The van der Waals surface area contributed by atoms with Crippen LogP contribution in [0.1, 0.15) is 29.5 Å². The first-order valence-corrected chi connectivity index (χ1v) is 10.5. The van der Waals surface area contributed by atoms with Gasteiger partial charge in [0.25, 0.3) is 5.56 Å². The second-order valence-electron chi connectivity index (χ2n) is 7.92. The molecule has 0 spiro atoms. The standard InChI is InChI=1S/C27H22N2O3/c1-18-13-15-20(16-14-18)23-17-19(2)32-26-24(23)25(30)28(21-9-5-3-6-10-21)27(31)29(26)22-11-7-4-8-12-22/h3-17,23H,1-2H3. The van der Waals surface area contributed by atoms with E-state index in [0.717, 1.165) is 11.1 Å². The van der Waals surface area contributed by atoms with Crippen molar-refractivity contribution in [3.8, 4) is 17.3 Å². The summed E-state index contributed by atoms with van der Waals surface area (Å²) in [4.78, 5) is 27.5. The Kier molecular flexibility index (Phi) is 4.86. The van der Waals surface area contributed by atoms with Crippen LogP contribution in [-0.2, 0) is 0 Å². The molecular formula is C27H22N2O3. The van der Waals surface area contributed by atoms with Gasteiger partial charge < -0.3 is 4.74 Å². The van der Waals surface area contributed by atoms with E-state index in [2.05, 4.69) is 0 Å². The summed E-state index contributed by atoms with van der Waals surface area (Å²) in [6, 6.07) is 26.3. The summed E-state index contributed by atoms with van der Waals surface area (Å²) < 4.78 is 8.77. The number of fused-ring (bicyclic) bond motifs is 1. The third kappa shape index (κ3) is 3.28. The van der Waals surface area contributed by atoms with Crippen LogP contribution in [0.2, 0.25) is 0 Å². The zero-order valence-electron chi connectivity index (χ0n) is 17.9. The fraction of sp³-hybridized carbons (Fsp3) is 0.111. The molecule has 0 radical (unpaired) electrons. The predicted octanol–water partition coefficient (Wildman–Crippen LogP) is 4.72. The number of aryl methyl sites for hydroxylation is 1. The van der Waals surface area contributed by atoms with Gasteiger partial charge in [-0.3, -0.25) is 4.79 Å². The van der Waals surface area contributed by atoms with E-state index in [1.54, 1.807) is 12.1 Å². The van der Waals surface area contributed by atoms with E-state index in [-0.39, 0.29) is 17.4 Å². The van der Waals surface area contributed by atoms with Crippen molar-refractivity contribution in [3.63, 3.8) is 0 Å². The lowest BCUT2D eigenvalue weighted by Crippen LogP contribution is -2.42. The lowest BCUT2D eigenvalue weighted by Gasteiger charge is -2.27. The lowest BCUT2D eigenvalue weighted by atomic mass is 9.90. The molecule has 0 N–H and O–H groups in total. The van der Waals surface area contributed by atoms with Crippen molar-refractivity contribution >= 4 is 0 Å². The molecule has 1 aliphatic heterocycles. The van der Waals surface area contributed by atoms with Crippen LogP contribution in [0.4, 0.5) is 0 Å². The van der Waals surface area contributed by atoms with Gasteiger partial charge >= 0.3 is 5.69 Å².